The summed E-state index contributed by atoms with van der Waals surface area (Å²) in [6.45, 7) is 0. The molecule has 0 unspecified atom stereocenters. The van der Waals surface area contributed by atoms with Crippen molar-refractivity contribution in [3.05, 3.63) is 71.9 Å². The standard InChI is InChI=1S/C18H15N3O3/c19-11-14(12-20-15-6-8-16(22)9-7-15)18(24)21-17(23)10-13-4-2-1-3-5-13/h1-9,12,20,22H,10H2,(H,21,23,24)/b14-12+. The van der Waals surface area contributed by atoms with Crippen LogP contribution in [0.1, 0.15) is 5.56 Å². The first-order chi connectivity index (χ1) is 11.6. The molecule has 3 N–H and O–H groups in total. The summed E-state index contributed by atoms with van der Waals surface area (Å²) in [6, 6.07) is 16.8. The van der Waals surface area contributed by atoms with Gasteiger partial charge in [-0.15, -0.1) is 0 Å². The van der Waals surface area contributed by atoms with Gasteiger partial charge >= 0.3 is 0 Å². The van der Waals surface area contributed by atoms with Crippen molar-refractivity contribution in [1.82, 2.24) is 5.32 Å². The Hall–Kier alpha value is -3.59. The van der Waals surface area contributed by atoms with Gasteiger partial charge in [0.2, 0.25) is 5.91 Å². The fourth-order valence-corrected chi connectivity index (χ4v) is 1.88. The number of nitrogens with one attached hydrogen (secondary N) is 2. The highest BCUT2D eigenvalue weighted by atomic mass is 16.3. The van der Waals surface area contributed by atoms with Crippen LogP contribution in [0.25, 0.3) is 0 Å². The molecule has 2 rings (SSSR count). The number of carbonyl (C=O) groups excluding carboxylic acids is 2. The number of rotatable bonds is 5. The van der Waals surface area contributed by atoms with Gasteiger partial charge in [0, 0.05) is 11.9 Å². The molecule has 120 valence electrons. The molecule has 0 heterocycles. The Morgan fingerprint density at radius 2 is 1.75 bits per heavy atom. The largest absolute Gasteiger partial charge is 0.508 e. The second-order valence-corrected chi connectivity index (χ2v) is 4.90. The molecule has 2 aromatic carbocycles. The van der Waals surface area contributed by atoms with E-state index in [4.69, 9.17) is 5.26 Å². The van der Waals surface area contributed by atoms with E-state index in [9.17, 15) is 14.7 Å². The van der Waals surface area contributed by atoms with Crippen molar-refractivity contribution in [2.24, 2.45) is 0 Å². The van der Waals surface area contributed by atoms with Crippen molar-refractivity contribution in [3.63, 3.8) is 0 Å². The van der Waals surface area contributed by atoms with Gasteiger partial charge in [-0.3, -0.25) is 14.9 Å². The van der Waals surface area contributed by atoms with Crippen molar-refractivity contribution in [2.45, 2.75) is 6.42 Å². The van der Waals surface area contributed by atoms with Gasteiger partial charge in [0.1, 0.15) is 17.4 Å². The number of aromatic hydroxyl groups is 1. The van der Waals surface area contributed by atoms with E-state index in [0.717, 1.165) is 5.56 Å². The number of hydrogen-bond acceptors (Lipinski definition) is 5. The summed E-state index contributed by atoms with van der Waals surface area (Å²) in [5, 5.41) is 23.2. The first-order valence-electron chi connectivity index (χ1n) is 7.12. The van der Waals surface area contributed by atoms with Crippen molar-refractivity contribution < 1.29 is 14.7 Å². The van der Waals surface area contributed by atoms with Crippen LogP contribution in [0.5, 0.6) is 5.75 Å². The van der Waals surface area contributed by atoms with Gasteiger partial charge in [-0.05, 0) is 29.8 Å². The molecule has 6 nitrogen and oxygen atoms in total. The second-order valence-electron chi connectivity index (χ2n) is 4.90. The van der Waals surface area contributed by atoms with E-state index in [1.165, 1.54) is 18.3 Å². The zero-order valence-corrected chi connectivity index (χ0v) is 12.7. The Morgan fingerprint density at radius 1 is 1.08 bits per heavy atom. The molecule has 0 radical (unpaired) electrons. The number of benzene rings is 2. The summed E-state index contributed by atoms with van der Waals surface area (Å²) in [5.74, 6) is -1.16. The third-order valence-electron chi connectivity index (χ3n) is 3.08. The van der Waals surface area contributed by atoms with E-state index in [1.54, 1.807) is 42.5 Å². The molecule has 0 aliphatic rings. The molecular weight excluding hydrogens is 306 g/mol. The van der Waals surface area contributed by atoms with Crippen LogP contribution in [0.4, 0.5) is 5.69 Å². The lowest BCUT2D eigenvalue weighted by molar-refractivity contribution is -0.127. The van der Waals surface area contributed by atoms with Gasteiger partial charge in [0.15, 0.2) is 0 Å². The maximum atomic E-state index is 11.9. The van der Waals surface area contributed by atoms with E-state index in [-0.39, 0.29) is 17.7 Å². The first kappa shape index (κ1) is 16.8. The number of nitrogens with zero attached hydrogens (tertiary/aromatic N) is 1. The van der Waals surface area contributed by atoms with Crippen LogP contribution >= 0.6 is 0 Å². The number of phenols is 1. The smallest absolute Gasteiger partial charge is 0.270 e. The molecule has 0 aliphatic carbocycles. The van der Waals surface area contributed by atoms with Crippen molar-refractivity contribution >= 4 is 17.5 Å². The fourth-order valence-electron chi connectivity index (χ4n) is 1.88. The first-order valence-corrected chi connectivity index (χ1v) is 7.12. The van der Waals surface area contributed by atoms with Crippen molar-refractivity contribution in [1.29, 1.82) is 5.26 Å². The zero-order chi connectivity index (χ0) is 17.4. The van der Waals surface area contributed by atoms with E-state index in [0.29, 0.717) is 5.69 Å². The van der Waals surface area contributed by atoms with Gasteiger partial charge in [-0.25, -0.2) is 0 Å². The minimum absolute atomic E-state index is 0.0523. The molecular formula is C18H15N3O3. The van der Waals surface area contributed by atoms with Crippen LogP contribution in [0, 0.1) is 11.3 Å². The van der Waals surface area contributed by atoms with Crippen LogP contribution < -0.4 is 10.6 Å². The third kappa shape index (κ3) is 5.00. The van der Waals surface area contributed by atoms with Crippen LogP contribution in [0.3, 0.4) is 0 Å². The summed E-state index contributed by atoms with van der Waals surface area (Å²) in [7, 11) is 0. The molecule has 24 heavy (non-hydrogen) atoms. The fraction of sp³-hybridized carbons (Fsp3) is 0.0556. The molecule has 0 fully saturated rings. The number of amides is 2. The van der Waals surface area contributed by atoms with E-state index in [2.05, 4.69) is 10.6 Å². The van der Waals surface area contributed by atoms with Gasteiger partial charge in [-0.2, -0.15) is 5.26 Å². The van der Waals surface area contributed by atoms with Crippen LogP contribution in [0.2, 0.25) is 0 Å². The molecule has 0 bridgehead atoms. The highest BCUT2D eigenvalue weighted by Gasteiger charge is 2.13. The summed E-state index contributed by atoms with van der Waals surface area (Å²) in [5.41, 5.74) is 1.13. The van der Waals surface area contributed by atoms with Crippen LogP contribution in [-0.2, 0) is 16.0 Å². The highest BCUT2D eigenvalue weighted by Crippen LogP contribution is 2.13. The van der Waals surface area contributed by atoms with Crippen LogP contribution in [0.15, 0.2) is 66.4 Å². The Kier molecular flexibility index (Phi) is 5.70. The number of carbonyl (C=O) groups is 2. The van der Waals surface area contributed by atoms with Crippen molar-refractivity contribution in [2.75, 3.05) is 5.32 Å². The number of imide groups is 1. The highest BCUT2D eigenvalue weighted by molar-refractivity contribution is 6.07. The predicted molar refractivity (Wildman–Crippen MR) is 88.7 cm³/mol. The van der Waals surface area contributed by atoms with Crippen LogP contribution in [-0.4, -0.2) is 16.9 Å². The van der Waals surface area contributed by atoms with Crippen molar-refractivity contribution in [3.8, 4) is 11.8 Å². The Balaban J connectivity index is 1.95. The summed E-state index contributed by atoms with van der Waals surface area (Å²) < 4.78 is 0. The van der Waals surface area contributed by atoms with E-state index >= 15 is 0 Å². The number of hydrogen-bond donors (Lipinski definition) is 3. The molecule has 0 aliphatic heterocycles. The number of phenolic OH excluding ortho intramolecular Hbond substituents is 1. The molecule has 0 aromatic heterocycles. The Morgan fingerprint density at radius 3 is 2.38 bits per heavy atom. The van der Waals surface area contributed by atoms with Gasteiger partial charge in [-0.1, -0.05) is 30.3 Å². The Bertz CT molecular complexity index is 791. The van der Waals surface area contributed by atoms with Gasteiger partial charge < -0.3 is 10.4 Å². The lowest BCUT2D eigenvalue weighted by Gasteiger charge is -2.05. The topological polar surface area (TPSA) is 102 Å². The quantitative estimate of drug-likeness (QED) is 0.444. The molecule has 2 amide bonds. The molecule has 0 saturated carbocycles. The minimum Gasteiger partial charge on any atom is -0.508 e. The predicted octanol–water partition coefficient (Wildman–Crippen LogP) is 2.10. The normalized spacial score (nSPS) is 10.5. The summed E-state index contributed by atoms with van der Waals surface area (Å²) in [6.07, 6.45) is 1.26. The molecule has 0 spiro atoms. The molecule has 6 heteroatoms. The van der Waals surface area contributed by atoms with Gasteiger partial charge in [0.25, 0.3) is 5.91 Å². The lowest BCUT2D eigenvalue weighted by Crippen LogP contribution is -2.32. The van der Waals surface area contributed by atoms with E-state index in [1.807, 2.05) is 6.07 Å². The molecule has 0 saturated heterocycles. The SMILES string of the molecule is N#C/C(=C\Nc1ccc(O)cc1)C(=O)NC(=O)Cc1ccccc1. The number of anilines is 1. The monoisotopic (exact) mass is 321 g/mol. The average Bonchev–Trinajstić information content (AvgIpc) is 2.58. The zero-order valence-electron chi connectivity index (χ0n) is 12.7. The number of nitriles is 1. The lowest BCUT2D eigenvalue weighted by atomic mass is 10.1. The average molecular weight is 321 g/mol. The molecule has 0 atom stereocenters. The Labute approximate surface area is 139 Å². The summed E-state index contributed by atoms with van der Waals surface area (Å²) >= 11 is 0. The maximum Gasteiger partial charge on any atom is 0.270 e. The third-order valence-corrected chi connectivity index (χ3v) is 3.08. The van der Waals surface area contributed by atoms with E-state index < -0.39 is 11.8 Å². The minimum atomic E-state index is -0.773. The van der Waals surface area contributed by atoms with Gasteiger partial charge in [0.05, 0.1) is 6.42 Å². The maximum absolute atomic E-state index is 11.9. The second kappa shape index (κ2) is 8.15. The summed E-state index contributed by atoms with van der Waals surface area (Å²) in [4.78, 5) is 23.8. The molecule has 2 aromatic rings.